The minimum atomic E-state index is -1.56. The molecule has 0 aromatic heterocycles. The topological polar surface area (TPSA) is 149 Å². The molecular formula is C51H97NO8. The molecule has 1 fully saturated rings. The van der Waals surface area contributed by atoms with Gasteiger partial charge in [0.2, 0.25) is 5.91 Å². The van der Waals surface area contributed by atoms with Gasteiger partial charge in [-0.25, -0.2) is 0 Å². The molecule has 1 heterocycles. The number of carbonyl (C=O) groups excluding carboxylic acids is 1. The molecule has 9 nitrogen and oxygen atoms in total. The molecule has 7 atom stereocenters. The van der Waals surface area contributed by atoms with Crippen LogP contribution in [0.5, 0.6) is 0 Å². The molecule has 60 heavy (non-hydrogen) atoms. The summed E-state index contributed by atoms with van der Waals surface area (Å²) < 4.78 is 11.3. The van der Waals surface area contributed by atoms with Crippen LogP contribution in [0.1, 0.15) is 239 Å². The fraction of sp³-hybridized carbons (Fsp3) is 0.902. The molecule has 1 aliphatic heterocycles. The maximum Gasteiger partial charge on any atom is 0.220 e. The molecule has 1 aliphatic rings. The SMILES string of the molecule is CCCCCCCC/C=C/CCCCCCCCCCCCCCCC(=O)N[C@@H](CO[C@H]1O[C@@H](CO)[C@H](O)C(O)C1O)[C@H](O)CCCC/C=C/CCCCCCCCCC. The van der Waals surface area contributed by atoms with Crippen molar-refractivity contribution in [3.8, 4) is 0 Å². The van der Waals surface area contributed by atoms with E-state index in [0.717, 1.165) is 44.9 Å². The third-order valence-corrected chi connectivity index (χ3v) is 12.3. The van der Waals surface area contributed by atoms with E-state index in [1.165, 1.54) is 167 Å². The van der Waals surface area contributed by atoms with Gasteiger partial charge in [0.1, 0.15) is 24.4 Å². The number of allylic oxidation sites excluding steroid dienone is 4. The highest BCUT2D eigenvalue weighted by Gasteiger charge is 2.44. The van der Waals surface area contributed by atoms with Crippen molar-refractivity contribution in [1.29, 1.82) is 0 Å². The van der Waals surface area contributed by atoms with E-state index >= 15 is 0 Å². The predicted molar refractivity (Wildman–Crippen MR) is 249 cm³/mol. The summed E-state index contributed by atoms with van der Waals surface area (Å²) in [7, 11) is 0. The Kier molecular flexibility index (Phi) is 39.4. The number of unbranched alkanes of at least 4 members (excludes halogenated alkanes) is 29. The number of rotatable bonds is 43. The van der Waals surface area contributed by atoms with Crippen LogP contribution in [0.3, 0.4) is 0 Å². The van der Waals surface area contributed by atoms with Gasteiger partial charge in [-0.1, -0.05) is 192 Å². The first-order chi connectivity index (χ1) is 29.3. The van der Waals surface area contributed by atoms with E-state index in [1.54, 1.807) is 0 Å². The minimum absolute atomic E-state index is 0.148. The van der Waals surface area contributed by atoms with Crippen LogP contribution in [0.25, 0.3) is 0 Å². The third-order valence-electron chi connectivity index (χ3n) is 12.3. The second-order valence-electron chi connectivity index (χ2n) is 18.0. The molecule has 0 bridgehead atoms. The van der Waals surface area contributed by atoms with Crippen LogP contribution in [-0.4, -0.2) is 87.5 Å². The van der Waals surface area contributed by atoms with E-state index in [9.17, 15) is 30.3 Å². The maximum absolute atomic E-state index is 13.0. The first-order valence-electron chi connectivity index (χ1n) is 25.5. The Labute approximate surface area is 369 Å². The zero-order chi connectivity index (χ0) is 43.7. The van der Waals surface area contributed by atoms with Crippen LogP contribution >= 0.6 is 0 Å². The van der Waals surface area contributed by atoms with E-state index in [4.69, 9.17) is 9.47 Å². The highest BCUT2D eigenvalue weighted by Crippen LogP contribution is 2.23. The summed E-state index contributed by atoms with van der Waals surface area (Å²) in [5.41, 5.74) is 0. The van der Waals surface area contributed by atoms with Crippen molar-refractivity contribution in [3.63, 3.8) is 0 Å². The van der Waals surface area contributed by atoms with Gasteiger partial charge >= 0.3 is 0 Å². The Morgan fingerprint density at radius 1 is 0.550 bits per heavy atom. The number of hydrogen-bond acceptors (Lipinski definition) is 8. The number of nitrogens with one attached hydrogen (secondary N) is 1. The van der Waals surface area contributed by atoms with Gasteiger partial charge in [-0.15, -0.1) is 0 Å². The molecule has 0 radical (unpaired) electrons. The molecule has 9 heteroatoms. The van der Waals surface area contributed by atoms with Crippen LogP contribution in [0, 0.1) is 0 Å². The summed E-state index contributed by atoms with van der Waals surface area (Å²) in [4.78, 5) is 13.0. The van der Waals surface area contributed by atoms with Crippen LogP contribution in [0.4, 0.5) is 0 Å². The van der Waals surface area contributed by atoms with Crippen molar-refractivity contribution in [2.45, 2.75) is 281 Å². The summed E-state index contributed by atoms with van der Waals surface area (Å²) in [6, 6.07) is -0.732. The molecule has 0 aliphatic carbocycles. The lowest BCUT2D eigenvalue weighted by molar-refractivity contribution is -0.302. The number of aliphatic hydroxyl groups excluding tert-OH is 5. The molecule has 1 rings (SSSR count). The highest BCUT2D eigenvalue weighted by molar-refractivity contribution is 5.76. The highest BCUT2D eigenvalue weighted by atomic mass is 16.7. The van der Waals surface area contributed by atoms with Gasteiger partial charge in [0.15, 0.2) is 6.29 Å². The fourth-order valence-electron chi connectivity index (χ4n) is 8.15. The molecular weight excluding hydrogens is 755 g/mol. The van der Waals surface area contributed by atoms with E-state index < -0.39 is 49.5 Å². The Balaban J connectivity index is 2.25. The first-order valence-corrected chi connectivity index (χ1v) is 25.5. The number of ether oxygens (including phenoxy) is 2. The molecule has 1 saturated heterocycles. The zero-order valence-corrected chi connectivity index (χ0v) is 39.0. The van der Waals surface area contributed by atoms with Gasteiger partial charge in [0.05, 0.1) is 25.4 Å². The Bertz CT molecular complexity index is 992. The van der Waals surface area contributed by atoms with Crippen LogP contribution in [0.15, 0.2) is 24.3 Å². The second-order valence-corrected chi connectivity index (χ2v) is 18.0. The Hall–Kier alpha value is -1.33. The van der Waals surface area contributed by atoms with Gasteiger partial charge in [0, 0.05) is 6.42 Å². The van der Waals surface area contributed by atoms with Crippen molar-refractivity contribution >= 4 is 5.91 Å². The molecule has 2 unspecified atom stereocenters. The van der Waals surface area contributed by atoms with Crippen molar-refractivity contribution in [2.24, 2.45) is 0 Å². The Morgan fingerprint density at radius 3 is 1.35 bits per heavy atom. The smallest absolute Gasteiger partial charge is 0.220 e. The van der Waals surface area contributed by atoms with Gasteiger partial charge in [-0.2, -0.15) is 0 Å². The van der Waals surface area contributed by atoms with Crippen LogP contribution < -0.4 is 5.32 Å². The van der Waals surface area contributed by atoms with Crippen LogP contribution in [0.2, 0.25) is 0 Å². The van der Waals surface area contributed by atoms with Gasteiger partial charge in [-0.05, 0) is 64.2 Å². The summed E-state index contributed by atoms with van der Waals surface area (Å²) >= 11 is 0. The first kappa shape index (κ1) is 56.7. The van der Waals surface area contributed by atoms with Crippen molar-refractivity contribution < 1.29 is 39.8 Å². The quantitative estimate of drug-likeness (QED) is 0.0262. The molecule has 0 aromatic rings. The summed E-state index contributed by atoms with van der Waals surface area (Å²) in [6.07, 6.45) is 43.4. The van der Waals surface area contributed by atoms with Gasteiger partial charge in [0.25, 0.3) is 0 Å². The van der Waals surface area contributed by atoms with E-state index in [0.29, 0.717) is 12.8 Å². The summed E-state index contributed by atoms with van der Waals surface area (Å²) in [5, 5.41) is 54.4. The van der Waals surface area contributed by atoms with E-state index in [2.05, 4.69) is 43.5 Å². The average molecular weight is 852 g/mol. The molecule has 0 saturated carbocycles. The van der Waals surface area contributed by atoms with Gasteiger partial charge in [-0.3, -0.25) is 4.79 Å². The zero-order valence-electron chi connectivity index (χ0n) is 39.0. The molecule has 0 aromatic carbocycles. The monoisotopic (exact) mass is 852 g/mol. The molecule has 1 amide bonds. The lowest BCUT2D eigenvalue weighted by atomic mass is 9.99. The van der Waals surface area contributed by atoms with Crippen molar-refractivity contribution in [1.82, 2.24) is 5.32 Å². The predicted octanol–water partition coefficient (Wildman–Crippen LogP) is 11.5. The molecule has 6 N–H and O–H groups in total. The standard InChI is InChI=1S/C51H97NO8/c1-3-5-7-9-11-13-15-17-19-20-21-22-23-24-25-26-27-29-31-33-35-37-39-41-47(55)52-44(43-59-51-50(58)49(57)48(56)46(42-53)60-51)45(54)40-38-36-34-32-30-28-18-16-14-12-10-8-6-4-2/h17,19,30,32,44-46,48-51,53-54,56-58H,3-16,18,20-29,31,33-43H2,1-2H3,(H,52,55)/b19-17+,32-30+/t44-,45+,46-,48-,49?,50?,51-/m0/s1. The number of aliphatic hydroxyl groups is 5. The third kappa shape index (κ3) is 31.5. The van der Waals surface area contributed by atoms with E-state index in [-0.39, 0.29) is 12.5 Å². The Morgan fingerprint density at radius 2 is 0.933 bits per heavy atom. The molecule has 354 valence electrons. The van der Waals surface area contributed by atoms with Gasteiger partial charge < -0.3 is 40.3 Å². The number of hydrogen-bond donors (Lipinski definition) is 6. The summed E-state index contributed by atoms with van der Waals surface area (Å²) in [5.74, 6) is -0.152. The number of amides is 1. The van der Waals surface area contributed by atoms with Crippen molar-refractivity contribution in [2.75, 3.05) is 13.2 Å². The van der Waals surface area contributed by atoms with E-state index in [1.807, 2.05) is 0 Å². The van der Waals surface area contributed by atoms with Crippen LogP contribution in [-0.2, 0) is 14.3 Å². The normalized spacial score (nSPS) is 20.7. The largest absolute Gasteiger partial charge is 0.394 e. The summed E-state index contributed by atoms with van der Waals surface area (Å²) in [6.45, 7) is 3.82. The minimum Gasteiger partial charge on any atom is -0.394 e. The number of carbonyl (C=O) groups is 1. The average Bonchev–Trinajstić information content (AvgIpc) is 3.25. The lowest BCUT2D eigenvalue weighted by Crippen LogP contribution is -2.60. The second kappa shape index (κ2) is 41.7. The molecule has 0 spiro atoms. The lowest BCUT2D eigenvalue weighted by Gasteiger charge is -2.40. The van der Waals surface area contributed by atoms with Crippen molar-refractivity contribution in [3.05, 3.63) is 24.3 Å². The maximum atomic E-state index is 13.0. The fourth-order valence-corrected chi connectivity index (χ4v) is 8.15.